The number of sulfonamides is 1. The molecular formula is C29H38N4O5S2. The number of aliphatic hydroxyl groups is 1. The quantitative estimate of drug-likeness (QED) is 0.376. The SMILES string of the molecule is CC1CCN(C(=O)c2nc(C(=O)NCC(C)(C)O)sc2-c2ccc(S(=O)(=O)NC(C)(C)C)c3ccccc23)CC1. The Bertz CT molecular complexity index is 1530. The van der Waals surface area contributed by atoms with E-state index in [1.807, 2.05) is 12.1 Å². The number of likely N-dealkylation sites (tertiary alicyclic amines) is 1. The molecule has 2 amide bonds. The first-order valence-electron chi connectivity index (χ1n) is 13.4. The van der Waals surface area contributed by atoms with Crippen molar-refractivity contribution in [2.45, 2.75) is 70.4 Å². The van der Waals surface area contributed by atoms with Crippen LogP contribution in [0.5, 0.6) is 0 Å². The summed E-state index contributed by atoms with van der Waals surface area (Å²) in [6.45, 7) is 11.9. The number of amides is 2. The molecule has 2 heterocycles. The molecule has 1 aromatic heterocycles. The van der Waals surface area contributed by atoms with Crippen LogP contribution in [0.3, 0.4) is 0 Å². The van der Waals surface area contributed by atoms with Gasteiger partial charge in [0.2, 0.25) is 10.0 Å². The summed E-state index contributed by atoms with van der Waals surface area (Å²) in [6, 6.07) is 10.3. The highest BCUT2D eigenvalue weighted by atomic mass is 32.2. The predicted molar refractivity (Wildman–Crippen MR) is 158 cm³/mol. The molecule has 0 unspecified atom stereocenters. The molecule has 0 bridgehead atoms. The lowest BCUT2D eigenvalue weighted by atomic mass is 9.98. The summed E-state index contributed by atoms with van der Waals surface area (Å²) in [4.78, 5) is 33.7. The Morgan fingerprint density at radius 2 is 1.68 bits per heavy atom. The van der Waals surface area contributed by atoms with Crippen molar-refractivity contribution in [3.8, 4) is 10.4 Å². The summed E-state index contributed by atoms with van der Waals surface area (Å²) in [5.41, 5.74) is -0.996. The maximum Gasteiger partial charge on any atom is 0.280 e. The van der Waals surface area contributed by atoms with Gasteiger partial charge in [-0.15, -0.1) is 11.3 Å². The van der Waals surface area contributed by atoms with E-state index in [0.29, 0.717) is 40.2 Å². The number of piperidine rings is 1. The summed E-state index contributed by atoms with van der Waals surface area (Å²) in [7, 11) is -3.85. The monoisotopic (exact) mass is 586 g/mol. The van der Waals surface area contributed by atoms with Crippen molar-refractivity contribution in [2.24, 2.45) is 5.92 Å². The second kappa shape index (κ2) is 11.2. The summed E-state index contributed by atoms with van der Waals surface area (Å²) in [5.74, 6) is -0.213. The third-order valence-corrected chi connectivity index (χ3v) is 9.54. The van der Waals surface area contributed by atoms with Crippen molar-refractivity contribution in [1.29, 1.82) is 0 Å². The van der Waals surface area contributed by atoms with E-state index in [1.54, 1.807) is 57.7 Å². The number of benzene rings is 2. The van der Waals surface area contributed by atoms with Crippen LogP contribution in [-0.2, 0) is 10.0 Å². The Hall–Kier alpha value is -2.86. The Kier molecular flexibility index (Phi) is 8.43. The molecule has 4 rings (SSSR count). The molecule has 3 N–H and O–H groups in total. The highest BCUT2D eigenvalue weighted by molar-refractivity contribution is 7.89. The van der Waals surface area contributed by atoms with E-state index >= 15 is 0 Å². The lowest BCUT2D eigenvalue weighted by molar-refractivity contribution is 0.0685. The fourth-order valence-electron chi connectivity index (χ4n) is 4.64. The molecule has 0 spiro atoms. The molecule has 1 aliphatic rings. The Morgan fingerprint density at radius 3 is 2.27 bits per heavy atom. The van der Waals surface area contributed by atoms with Crippen molar-refractivity contribution >= 4 is 43.9 Å². The third kappa shape index (κ3) is 6.88. The van der Waals surface area contributed by atoms with Gasteiger partial charge in [-0.3, -0.25) is 9.59 Å². The molecule has 0 radical (unpaired) electrons. The zero-order valence-corrected chi connectivity index (χ0v) is 25.5. The van der Waals surface area contributed by atoms with Crippen LogP contribution in [0.1, 0.15) is 74.7 Å². The smallest absolute Gasteiger partial charge is 0.280 e. The minimum Gasteiger partial charge on any atom is -0.389 e. The van der Waals surface area contributed by atoms with Gasteiger partial charge in [-0.25, -0.2) is 18.1 Å². The average molecular weight is 587 g/mol. The van der Waals surface area contributed by atoms with Crippen molar-refractivity contribution in [1.82, 2.24) is 19.9 Å². The van der Waals surface area contributed by atoms with E-state index in [4.69, 9.17) is 0 Å². The Balaban J connectivity index is 1.85. The molecule has 1 fully saturated rings. The fourth-order valence-corrected chi connectivity index (χ4v) is 7.28. The Labute approximate surface area is 240 Å². The van der Waals surface area contributed by atoms with Gasteiger partial charge >= 0.3 is 0 Å². The number of rotatable bonds is 7. The molecule has 2 aromatic carbocycles. The van der Waals surface area contributed by atoms with E-state index in [2.05, 4.69) is 21.9 Å². The van der Waals surface area contributed by atoms with Crippen LogP contribution in [0.15, 0.2) is 41.3 Å². The van der Waals surface area contributed by atoms with Crippen LogP contribution in [0.2, 0.25) is 0 Å². The molecule has 216 valence electrons. The van der Waals surface area contributed by atoms with Crippen molar-refractivity contribution in [3.05, 3.63) is 47.1 Å². The largest absolute Gasteiger partial charge is 0.389 e. The first-order valence-corrected chi connectivity index (χ1v) is 15.7. The second-order valence-electron chi connectivity index (χ2n) is 12.2. The number of hydrogen-bond acceptors (Lipinski definition) is 7. The summed E-state index contributed by atoms with van der Waals surface area (Å²) in [6.07, 6.45) is 1.78. The van der Waals surface area contributed by atoms with Crippen LogP contribution < -0.4 is 10.0 Å². The van der Waals surface area contributed by atoms with E-state index in [-0.39, 0.29) is 28.0 Å². The van der Waals surface area contributed by atoms with Gasteiger partial charge < -0.3 is 15.3 Å². The van der Waals surface area contributed by atoms with Crippen LogP contribution in [-0.4, -0.2) is 66.0 Å². The maximum absolute atomic E-state index is 13.8. The number of nitrogens with zero attached hydrogens (tertiary/aromatic N) is 2. The highest BCUT2D eigenvalue weighted by Gasteiger charge is 2.31. The number of carbonyl (C=O) groups is 2. The second-order valence-corrected chi connectivity index (χ2v) is 14.8. The molecule has 9 nitrogen and oxygen atoms in total. The summed E-state index contributed by atoms with van der Waals surface area (Å²) >= 11 is 1.09. The van der Waals surface area contributed by atoms with Gasteiger partial charge in [-0.1, -0.05) is 37.3 Å². The Morgan fingerprint density at radius 1 is 1.05 bits per heavy atom. The zero-order chi connectivity index (χ0) is 29.5. The molecule has 1 aliphatic heterocycles. The number of hydrogen-bond donors (Lipinski definition) is 3. The summed E-state index contributed by atoms with van der Waals surface area (Å²) < 4.78 is 29.3. The molecule has 0 aliphatic carbocycles. The van der Waals surface area contributed by atoms with Gasteiger partial charge in [0.1, 0.15) is 5.69 Å². The van der Waals surface area contributed by atoms with Crippen molar-refractivity contribution in [2.75, 3.05) is 19.6 Å². The molecule has 3 aromatic rings. The van der Waals surface area contributed by atoms with Gasteiger partial charge in [0.05, 0.1) is 15.4 Å². The fraction of sp³-hybridized carbons (Fsp3) is 0.483. The average Bonchev–Trinajstić information content (AvgIpc) is 3.30. The van der Waals surface area contributed by atoms with Gasteiger partial charge in [0.25, 0.3) is 11.8 Å². The predicted octanol–water partition coefficient (Wildman–Crippen LogP) is 4.41. The molecule has 40 heavy (non-hydrogen) atoms. The standard InChI is InChI=1S/C29H38N4O5S2/c1-18-13-15-33(16-14-18)27(35)23-24(39-26(31-23)25(34)30-17-29(5,6)36)21-11-12-22(20-10-8-7-9-19(20)21)40(37,38)32-28(2,3)4/h7-12,18,32,36H,13-17H2,1-6H3,(H,30,34). The minimum absolute atomic E-state index is 0.0182. The van der Waals surface area contributed by atoms with E-state index in [0.717, 1.165) is 24.2 Å². The third-order valence-electron chi connectivity index (χ3n) is 6.64. The van der Waals surface area contributed by atoms with Crippen LogP contribution in [0, 0.1) is 5.92 Å². The zero-order valence-electron chi connectivity index (χ0n) is 23.9. The van der Waals surface area contributed by atoms with E-state index < -0.39 is 27.1 Å². The molecule has 0 atom stereocenters. The number of thiazole rings is 1. The van der Waals surface area contributed by atoms with Crippen LogP contribution in [0.25, 0.3) is 21.2 Å². The topological polar surface area (TPSA) is 129 Å². The lowest BCUT2D eigenvalue weighted by Gasteiger charge is -2.30. The van der Waals surface area contributed by atoms with Gasteiger partial charge in [0, 0.05) is 36.1 Å². The van der Waals surface area contributed by atoms with E-state index in [1.165, 1.54) is 6.07 Å². The summed E-state index contributed by atoms with van der Waals surface area (Å²) in [5, 5.41) is 14.0. The van der Waals surface area contributed by atoms with Crippen LogP contribution >= 0.6 is 11.3 Å². The number of aromatic nitrogens is 1. The number of fused-ring (bicyclic) bond motifs is 1. The van der Waals surface area contributed by atoms with Crippen LogP contribution in [0.4, 0.5) is 0 Å². The normalized spacial score (nSPS) is 15.4. The van der Waals surface area contributed by atoms with Crippen molar-refractivity contribution in [3.63, 3.8) is 0 Å². The number of nitrogens with one attached hydrogen (secondary N) is 2. The first-order chi connectivity index (χ1) is 18.6. The molecular weight excluding hydrogens is 548 g/mol. The van der Waals surface area contributed by atoms with Gasteiger partial charge in [-0.05, 0) is 64.8 Å². The number of carbonyl (C=O) groups excluding carboxylic acids is 2. The van der Waals surface area contributed by atoms with Gasteiger partial charge in [-0.2, -0.15) is 0 Å². The molecule has 11 heteroatoms. The lowest BCUT2D eigenvalue weighted by Crippen LogP contribution is -2.40. The molecule has 0 saturated carbocycles. The highest BCUT2D eigenvalue weighted by Crippen LogP contribution is 2.39. The van der Waals surface area contributed by atoms with Crippen molar-refractivity contribution < 1.29 is 23.1 Å². The first kappa shape index (κ1) is 30.1. The minimum atomic E-state index is -3.85. The van der Waals surface area contributed by atoms with Gasteiger partial charge in [0.15, 0.2) is 5.01 Å². The molecule has 1 saturated heterocycles. The van der Waals surface area contributed by atoms with E-state index in [9.17, 15) is 23.1 Å². The maximum atomic E-state index is 13.8.